The molecule has 2 aromatic rings. The van der Waals surface area contributed by atoms with E-state index in [9.17, 15) is 21.6 Å². The van der Waals surface area contributed by atoms with E-state index < -0.39 is 22.0 Å². The fourth-order valence-corrected chi connectivity index (χ4v) is 3.26. The van der Waals surface area contributed by atoms with Crippen molar-refractivity contribution >= 4 is 21.1 Å². The Kier molecular flexibility index (Phi) is 4.76. The van der Waals surface area contributed by atoms with E-state index >= 15 is 0 Å². The van der Waals surface area contributed by atoms with Gasteiger partial charge in [0.05, 0.1) is 16.8 Å². The van der Waals surface area contributed by atoms with Gasteiger partial charge in [0.15, 0.2) is 0 Å². The number of nitrogens with zero attached hydrogens (tertiary/aromatic N) is 2. The number of sulfonamides is 1. The number of aromatic nitrogens is 2. The van der Waals surface area contributed by atoms with Crippen LogP contribution in [0.4, 0.5) is 13.2 Å². The summed E-state index contributed by atoms with van der Waals surface area (Å²) < 4.78 is 65.5. The van der Waals surface area contributed by atoms with Crippen LogP contribution < -0.4 is 4.72 Å². The standard InChI is InChI=1S/C13H16F3N3O2S/c1-2-9-22(20,21)17-7-8-19-11-6-4-3-5-10(11)18-12(19)13(14,15)16/h3-6,17H,2,7-9H2,1H3. The van der Waals surface area contributed by atoms with Crippen LogP contribution in [0, 0.1) is 0 Å². The van der Waals surface area contributed by atoms with Crippen LogP contribution in [0.2, 0.25) is 0 Å². The first kappa shape index (κ1) is 16.8. The third-order valence-electron chi connectivity index (χ3n) is 3.04. The van der Waals surface area contributed by atoms with E-state index in [1.807, 2.05) is 0 Å². The summed E-state index contributed by atoms with van der Waals surface area (Å²) >= 11 is 0. The Morgan fingerprint density at radius 2 is 1.95 bits per heavy atom. The second-order valence-electron chi connectivity index (χ2n) is 4.79. The van der Waals surface area contributed by atoms with Crippen molar-refractivity contribution in [2.45, 2.75) is 26.1 Å². The third-order valence-corrected chi connectivity index (χ3v) is 4.63. The minimum absolute atomic E-state index is 0.0518. The molecule has 0 amide bonds. The minimum Gasteiger partial charge on any atom is -0.319 e. The molecule has 0 fully saturated rings. The van der Waals surface area contributed by atoms with Crippen LogP contribution in [-0.4, -0.2) is 30.3 Å². The molecule has 0 saturated heterocycles. The van der Waals surface area contributed by atoms with Gasteiger partial charge in [-0.05, 0) is 18.6 Å². The Morgan fingerprint density at radius 1 is 1.27 bits per heavy atom. The molecular weight excluding hydrogens is 319 g/mol. The first-order valence-electron chi connectivity index (χ1n) is 6.74. The molecule has 0 aliphatic heterocycles. The molecule has 22 heavy (non-hydrogen) atoms. The molecule has 0 aliphatic carbocycles. The van der Waals surface area contributed by atoms with Crippen LogP contribution in [0.3, 0.4) is 0 Å². The van der Waals surface area contributed by atoms with E-state index in [0.717, 1.165) is 4.57 Å². The van der Waals surface area contributed by atoms with E-state index in [4.69, 9.17) is 0 Å². The number of hydrogen-bond acceptors (Lipinski definition) is 3. The first-order valence-corrected chi connectivity index (χ1v) is 8.39. The predicted octanol–water partition coefficient (Wildman–Crippen LogP) is 2.38. The molecule has 0 unspecified atom stereocenters. The number of benzene rings is 1. The zero-order valence-corrected chi connectivity index (χ0v) is 12.7. The Morgan fingerprint density at radius 3 is 2.59 bits per heavy atom. The Balaban J connectivity index is 2.26. The number of rotatable bonds is 6. The van der Waals surface area contributed by atoms with Gasteiger partial charge in [-0.3, -0.25) is 0 Å². The van der Waals surface area contributed by atoms with Crippen molar-refractivity contribution < 1.29 is 21.6 Å². The van der Waals surface area contributed by atoms with Crippen LogP contribution in [0.1, 0.15) is 19.2 Å². The van der Waals surface area contributed by atoms with Gasteiger partial charge in [0.25, 0.3) is 0 Å². The topological polar surface area (TPSA) is 64.0 Å². The maximum absolute atomic E-state index is 13.0. The van der Waals surface area contributed by atoms with Crippen molar-refractivity contribution in [2.75, 3.05) is 12.3 Å². The molecule has 0 aliphatic rings. The van der Waals surface area contributed by atoms with Crippen LogP contribution >= 0.6 is 0 Å². The van der Waals surface area contributed by atoms with Crippen molar-refractivity contribution in [2.24, 2.45) is 0 Å². The predicted molar refractivity (Wildman–Crippen MR) is 76.8 cm³/mol. The molecule has 0 radical (unpaired) electrons. The number of para-hydroxylation sites is 2. The summed E-state index contributed by atoms with van der Waals surface area (Å²) in [5, 5.41) is 0. The van der Waals surface area contributed by atoms with Crippen LogP contribution in [0.15, 0.2) is 24.3 Å². The van der Waals surface area contributed by atoms with Crippen LogP contribution in [0.25, 0.3) is 11.0 Å². The smallest absolute Gasteiger partial charge is 0.319 e. The lowest BCUT2D eigenvalue weighted by Gasteiger charge is -2.12. The molecule has 0 bridgehead atoms. The highest BCUT2D eigenvalue weighted by Gasteiger charge is 2.37. The summed E-state index contributed by atoms with van der Waals surface area (Å²) in [6, 6.07) is 6.23. The monoisotopic (exact) mass is 335 g/mol. The summed E-state index contributed by atoms with van der Waals surface area (Å²) in [7, 11) is -3.45. The second-order valence-corrected chi connectivity index (χ2v) is 6.71. The number of nitrogens with one attached hydrogen (secondary N) is 1. The summed E-state index contributed by atoms with van der Waals surface area (Å²) in [6.45, 7) is 1.45. The van der Waals surface area contributed by atoms with E-state index in [1.54, 1.807) is 19.1 Å². The Hall–Kier alpha value is -1.61. The average Bonchev–Trinajstić information content (AvgIpc) is 2.78. The maximum atomic E-state index is 13.0. The van der Waals surface area contributed by atoms with Crippen LogP contribution in [-0.2, 0) is 22.7 Å². The number of imidazole rings is 1. The Labute approximate surface area is 126 Å². The number of hydrogen-bond donors (Lipinski definition) is 1. The highest BCUT2D eigenvalue weighted by atomic mass is 32.2. The van der Waals surface area contributed by atoms with Crippen molar-refractivity contribution in [3.8, 4) is 0 Å². The zero-order chi connectivity index (χ0) is 16.4. The normalized spacial score (nSPS) is 12.9. The van der Waals surface area contributed by atoms with Gasteiger partial charge in [0.2, 0.25) is 15.8 Å². The van der Waals surface area contributed by atoms with E-state index in [-0.39, 0.29) is 24.4 Å². The molecule has 0 saturated carbocycles. The SMILES string of the molecule is CCCS(=O)(=O)NCCn1c(C(F)(F)F)nc2ccccc21. The maximum Gasteiger partial charge on any atom is 0.449 e. The lowest BCUT2D eigenvalue weighted by atomic mass is 10.3. The first-order chi connectivity index (χ1) is 10.2. The van der Waals surface area contributed by atoms with Gasteiger partial charge in [-0.2, -0.15) is 13.2 Å². The van der Waals surface area contributed by atoms with E-state index in [2.05, 4.69) is 9.71 Å². The zero-order valence-electron chi connectivity index (χ0n) is 11.9. The number of fused-ring (bicyclic) bond motifs is 1. The third kappa shape index (κ3) is 3.77. The van der Waals surface area contributed by atoms with E-state index in [1.165, 1.54) is 12.1 Å². The summed E-state index contributed by atoms with van der Waals surface area (Å²) in [5.41, 5.74) is 0.552. The van der Waals surface area contributed by atoms with E-state index in [0.29, 0.717) is 11.9 Å². The second kappa shape index (κ2) is 6.25. The molecule has 0 atom stereocenters. The van der Waals surface area contributed by atoms with Gasteiger partial charge in [-0.25, -0.2) is 18.1 Å². The lowest BCUT2D eigenvalue weighted by Crippen LogP contribution is -2.30. The highest BCUT2D eigenvalue weighted by molar-refractivity contribution is 7.89. The van der Waals surface area contributed by atoms with Gasteiger partial charge in [-0.15, -0.1) is 0 Å². The minimum atomic E-state index is -4.60. The van der Waals surface area contributed by atoms with Crippen molar-refractivity contribution in [1.82, 2.24) is 14.3 Å². The largest absolute Gasteiger partial charge is 0.449 e. The van der Waals surface area contributed by atoms with Crippen LogP contribution in [0.5, 0.6) is 0 Å². The molecule has 2 rings (SSSR count). The summed E-state index contributed by atoms with van der Waals surface area (Å²) in [5.74, 6) is -1.08. The number of halogens is 3. The summed E-state index contributed by atoms with van der Waals surface area (Å²) in [4.78, 5) is 3.60. The van der Waals surface area contributed by atoms with Crippen molar-refractivity contribution in [3.63, 3.8) is 0 Å². The van der Waals surface area contributed by atoms with Gasteiger partial charge < -0.3 is 4.57 Å². The molecule has 122 valence electrons. The quantitative estimate of drug-likeness (QED) is 0.881. The molecular formula is C13H16F3N3O2S. The molecule has 1 aromatic carbocycles. The van der Waals surface area contributed by atoms with Gasteiger partial charge in [0.1, 0.15) is 0 Å². The molecule has 9 heteroatoms. The lowest BCUT2D eigenvalue weighted by molar-refractivity contribution is -0.146. The van der Waals surface area contributed by atoms with Crippen molar-refractivity contribution in [3.05, 3.63) is 30.1 Å². The summed E-state index contributed by atoms with van der Waals surface area (Å²) in [6.07, 6.45) is -4.15. The fourth-order valence-electron chi connectivity index (χ4n) is 2.17. The molecule has 5 nitrogen and oxygen atoms in total. The molecule has 1 aromatic heterocycles. The van der Waals surface area contributed by atoms with Gasteiger partial charge in [0, 0.05) is 13.1 Å². The average molecular weight is 335 g/mol. The fraction of sp³-hybridized carbons (Fsp3) is 0.462. The molecule has 1 heterocycles. The highest BCUT2D eigenvalue weighted by Crippen LogP contribution is 2.31. The number of alkyl halides is 3. The van der Waals surface area contributed by atoms with Gasteiger partial charge >= 0.3 is 6.18 Å². The molecule has 0 spiro atoms. The molecule has 1 N–H and O–H groups in total. The Bertz CT molecular complexity index is 753. The van der Waals surface area contributed by atoms with Gasteiger partial charge in [-0.1, -0.05) is 19.1 Å². The van der Waals surface area contributed by atoms with Crippen molar-refractivity contribution in [1.29, 1.82) is 0 Å².